The smallest absolute Gasteiger partial charge is 0.408 e. The number of amides is 2. The highest BCUT2D eigenvalue weighted by Crippen LogP contribution is 2.59. The monoisotopic (exact) mass is 442 g/mol. The van der Waals surface area contributed by atoms with Gasteiger partial charge in [0.15, 0.2) is 0 Å². The predicted molar refractivity (Wildman–Crippen MR) is 120 cm³/mol. The van der Waals surface area contributed by atoms with Gasteiger partial charge in [0.25, 0.3) is 0 Å². The highest BCUT2D eigenvalue weighted by molar-refractivity contribution is 5.84. The number of carbonyl (C=O) groups is 2. The highest BCUT2D eigenvalue weighted by Gasteiger charge is 2.68. The van der Waals surface area contributed by atoms with Crippen molar-refractivity contribution in [2.45, 2.75) is 82.3 Å². The van der Waals surface area contributed by atoms with Crippen molar-refractivity contribution in [2.24, 2.45) is 11.7 Å². The molecule has 2 saturated heterocycles. The van der Waals surface area contributed by atoms with Gasteiger partial charge in [-0.05, 0) is 52.0 Å². The SMILES string of the molecule is CC(C)=CC[C@H]1O[C@]1(C)[C@H]1C[C@H](OC(=O)NC(Cc2ccccc2)C(N)=O)CC[C@]12CO2. The quantitative estimate of drug-likeness (QED) is 0.475. The average molecular weight is 443 g/mol. The predicted octanol–water partition coefficient (Wildman–Crippen LogP) is 3.26. The number of benzene rings is 1. The van der Waals surface area contributed by atoms with E-state index in [0.29, 0.717) is 12.8 Å². The van der Waals surface area contributed by atoms with Crippen LogP contribution in [0.25, 0.3) is 0 Å². The molecule has 0 bridgehead atoms. The molecule has 1 spiro atoms. The van der Waals surface area contributed by atoms with E-state index in [1.165, 1.54) is 5.57 Å². The van der Waals surface area contributed by atoms with Gasteiger partial charge in [-0.1, -0.05) is 42.0 Å². The van der Waals surface area contributed by atoms with E-state index < -0.39 is 18.0 Å². The summed E-state index contributed by atoms with van der Waals surface area (Å²) < 4.78 is 17.8. The number of rotatable bonds is 8. The second-order valence-corrected chi connectivity index (χ2v) is 9.80. The molecule has 1 unspecified atom stereocenters. The van der Waals surface area contributed by atoms with E-state index in [9.17, 15) is 9.59 Å². The number of hydrogen-bond acceptors (Lipinski definition) is 5. The molecule has 0 radical (unpaired) electrons. The van der Waals surface area contributed by atoms with Gasteiger partial charge in [-0.2, -0.15) is 0 Å². The largest absolute Gasteiger partial charge is 0.446 e. The van der Waals surface area contributed by atoms with Crippen LogP contribution in [-0.4, -0.2) is 48.1 Å². The number of alkyl carbamates (subject to hydrolysis) is 1. The lowest BCUT2D eigenvalue weighted by molar-refractivity contribution is -0.120. The second-order valence-electron chi connectivity index (χ2n) is 9.80. The number of primary amides is 1. The first-order valence-corrected chi connectivity index (χ1v) is 11.5. The van der Waals surface area contributed by atoms with E-state index in [4.69, 9.17) is 19.9 Å². The standard InChI is InChI=1S/C25H34N2O5/c1-16(2)9-10-21-24(3,32-21)20-14-18(11-12-25(20)15-30-25)31-23(29)27-19(22(26)28)13-17-7-5-4-6-8-17/h4-9,18-21H,10-15H2,1-3H3,(H2,26,28)(H,27,29)/t18-,19?,20-,21-,24-,25+/m1/s1. The molecular formula is C25H34N2O5. The third kappa shape index (κ3) is 4.99. The summed E-state index contributed by atoms with van der Waals surface area (Å²) >= 11 is 0. The molecule has 6 atom stereocenters. The summed E-state index contributed by atoms with van der Waals surface area (Å²) in [5.74, 6) is -0.410. The van der Waals surface area contributed by atoms with E-state index in [1.807, 2.05) is 30.3 Å². The van der Waals surface area contributed by atoms with Crippen LogP contribution in [-0.2, 0) is 25.4 Å². The van der Waals surface area contributed by atoms with Crippen molar-refractivity contribution >= 4 is 12.0 Å². The third-order valence-corrected chi connectivity index (χ3v) is 7.14. The Balaban J connectivity index is 1.34. The van der Waals surface area contributed by atoms with Crippen molar-refractivity contribution in [1.29, 1.82) is 0 Å². The van der Waals surface area contributed by atoms with Gasteiger partial charge in [-0.25, -0.2) is 4.79 Å². The zero-order valence-corrected chi connectivity index (χ0v) is 19.1. The molecule has 7 heteroatoms. The van der Waals surface area contributed by atoms with Crippen molar-refractivity contribution < 1.29 is 23.8 Å². The van der Waals surface area contributed by atoms with E-state index >= 15 is 0 Å². The lowest BCUT2D eigenvalue weighted by Crippen LogP contribution is -2.49. The number of allylic oxidation sites excluding steroid dienone is 1. The van der Waals surface area contributed by atoms with E-state index in [1.54, 1.807) is 0 Å². The number of epoxide rings is 2. The summed E-state index contributed by atoms with van der Waals surface area (Å²) in [6, 6.07) is 8.64. The van der Waals surface area contributed by atoms with Crippen molar-refractivity contribution in [3.8, 4) is 0 Å². The van der Waals surface area contributed by atoms with Gasteiger partial charge in [0.2, 0.25) is 5.91 Å². The molecule has 1 aromatic rings. The first kappa shape index (κ1) is 22.8. The first-order chi connectivity index (χ1) is 15.2. The summed E-state index contributed by atoms with van der Waals surface area (Å²) in [6.45, 7) is 7.07. The van der Waals surface area contributed by atoms with E-state index in [0.717, 1.165) is 31.4 Å². The summed E-state index contributed by atoms with van der Waals surface area (Å²) in [7, 11) is 0. The number of ether oxygens (including phenoxy) is 3. The molecule has 2 heterocycles. The molecule has 1 aromatic carbocycles. The summed E-state index contributed by atoms with van der Waals surface area (Å²) in [5, 5.41) is 2.65. The Hall–Kier alpha value is -2.38. The molecule has 1 aliphatic carbocycles. The third-order valence-electron chi connectivity index (χ3n) is 7.14. The fraction of sp³-hybridized carbons (Fsp3) is 0.600. The molecule has 2 aliphatic heterocycles. The van der Waals surface area contributed by atoms with E-state index in [2.05, 4.69) is 32.2 Å². The topological polar surface area (TPSA) is 106 Å². The van der Waals surface area contributed by atoms with Crippen LogP contribution in [0.3, 0.4) is 0 Å². The minimum absolute atomic E-state index is 0.145. The van der Waals surface area contributed by atoms with Gasteiger partial charge in [-0.3, -0.25) is 4.79 Å². The Morgan fingerprint density at radius 3 is 2.66 bits per heavy atom. The maximum atomic E-state index is 12.6. The Bertz CT molecular complexity index is 878. The minimum Gasteiger partial charge on any atom is -0.446 e. The maximum Gasteiger partial charge on any atom is 0.408 e. The summed E-state index contributed by atoms with van der Waals surface area (Å²) in [6.07, 6.45) is 5.00. The average Bonchev–Trinajstić information content (AvgIpc) is 3.66. The fourth-order valence-electron chi connectivity index (χ4n) is 5.08. The molecule has 4 rings (SSSR count). The molecule has 3 fully saturated rings. The lowest BCUT2D eigenvalue weighted by Gasteiger charge is -2.36. The van der Waals surface area contributed by atoms with Crippen LogP contribution in [0.15, 0.2) is 42.0 Å². The van der Waals surface area contributed by atoms with Crippen LogP contribution in [0.4, 0.5) is 4.79 Å². The Morgan fingerprint density at radius 2 is 2.03 bits per heavy atom. The van der Waals surface area contributed by atoms with Crippen molar-refractivity contribution in [3.05, 3.63) is 47.5 Å². The Morgan fingerprint density at radius 1 is 1.31 bits per heavy atom. The molecule has 0 aromatic heterocycles. The molecule has 3 N–H and O–H groups in total. The Kier molecular flexibility index (Phi) is 6.32. The van der Waals surface area contributed by atoms with Crippen LogP contribution in [0.5, 0.6) is 0 Å². The van der Waals surface area contributed by atoms with E-state index in [-0.39, 0.29) is 29.3 Å². The van der Waals surface area contributed by atoms with Gasteiger partial charge >= 0.3 is 6.09 Å². The summed E-state index contributed by atoms with van der Waals surface area (Å²) in [5.41, 5.74) is 7.31. The van der Waals surface area contributed by atoms with Crippen molar-refractivity contribution in [3.63, 3.8) is 0 Å². The zero-order valence-electron chi connectivity index (χ0n) is 19.1. The maximum absolute atomic E-state index is 12.6. The molecule has 2 amide bonds. The number of nitrogens with one attached hydrogen (secondary N) is 1. The summed E-state index contributed by atoms with van der Waals surface area (Å²) in [4.78, 5) is 24.5. The fourth-order valence-corrected chi connectivity index (χ4v) is 5.08. The van der Waals surface area contributed by atoms with Crippen LogP contribution in [0.2, 0.25) is 0 Å². The van der Waals surface area contributed by atoms with Crippen LogP contribution in [0.1, 0.15) is 52.0 Å². The number of carbonyl (C=O) groups excluding carboxylic acids is 2. The normalized spacial score (nSPS) is 33.8. The minimum atomic E-state index is -0.819. The molecule has 1 saturated carbocycles. The molecule has 32 heavy (non-hydrogen) atoms. The lowest BCUT2D eigenvalue weighted by atomic mass is 9.70. The van der Waals surface area contributed by atoms with Gasteiger partial charge < -0.3 is 25.3 Å². The number of hydrogen-bond donors (Lipinski definition) is 2. The van der Waals surface area contributed by atoms with Gasteiger partial charge in [-0.15, -0.1) is 0 Å². The van der Waals surface area contributed by atoms with Crippen molar-refractivity contribution in [2.75, 3.05) is 6.61 Å². The molecule has 7 nitrogen and oxygen atoms in total. The Labute approximate surface area is 189 Å². The number of nitrogens with two attached hydrogens (primary N) is 1. The molecular weight excluding hydrogens is 408 g/mol. The van der Waals surface area contributed by atoms with Gasteiger partial charge in [0, 0.05) is 12.3 Å². The van der Waals surface area contributed by atoms with Crippen LogP contribution >= 0.6 is 0 Å². The molecule has 174 valence electrons. The molecule has 3 aliphatic rings. The van der Waals surface area contributed by atoms with Gasteiger partial charge in [0.05, 0.1) is 23.9 Å². The van der Waals surface area contributed by atoms with Crippen LogP contribution in [0, 0.1) is 5.92 Å². The van der Waals surface area contributed by atoms with Crippen molar-refractivity contribution in [1.82, 2.24) is 5.32 Å². The highest BCUT2D eigenvalue weighted by atomic mass is 16.6. The van der Waals surface area contributed by atoms with Crippen LogP contribution < -0.4 is 11.1 Å². The zero-order chi connectivity index (χ0) is 22.9. The second kappa shape index (κ2) is 8.87. The van der Waals surface area contributed by atoms with Gasteiger partial charge in [0.1, 0.15) is 12.1 Å². The first-order valence-electron chi connectivity index (χ1n) is 11.5.